The van der Waals surface area contributed by atoms with Crippen LogP contribution >= 0.6 is 0 Å². The summed E-state index contributed by atoms with van der Waals surface area (Å²) >= 11 is 0. The van der Waals surface area contributed by atoms with E-state index in [1.54, 1.807) is 7.11 Å². The van der Waals surface area contributed by atoms with Crippen LogP contribution in [0.5, 0.6) is 11.5 Å². The van der Waals surface area contributed by atoms with Gasteiger partial charge in [0.15, 0.2) is 0 Å². The molecule has 0 aliphatic heterocycles. The summed E-state index contributed by atoms with van der Waals surface area (Å²) in [6, 6.07) is 8.47. The molecule has 0 aliphatic rings. The van der Waals surface area contributed by atoms with E-state index in [2.05, 4.69) is 72.0 Å². The van der Waals surface area contributed by atoms with Crippen molar-refractivity contribution >= 4 is 19.1 Å². The quantitative estimate of drug-likeness (QED) is 0.588. The summed E-state index contributed by atoms with van der Waals surface area (Å²) in [5.41, 5.74) is 2.59. The fraction of sp³-hybridized carbons (Fsp3) is 0.524. The lowest BCUT2D eigenvalue weighted by Gasteiger charge is -2.38. The van der Waals surface area contributed by atoms with E-state index in [-0.39, 0.29) is 5.04 Å². The van der Waals surface area contributed by atoms with Crippen molar-refractivity contribution in [2.75, 3.05) is 7.11 Å². The molecule has 0 atom stereocenters. The van der Waals surface area contributed by atoms with Gasteiger partial charge in [-0.25, -0.2) is 0 Å². The van der Waals surface area contributed by atoms with Crippen molar-refractivity contribution in [3.63, 3.8) is 0 Å². The van der Waals surface area contributed by atoms with Crippen LogP contribution in [0.15, 0.2) is 24.3 Å². The van der Waals surface area contributed by atoms with Crippen molar-refractivity contribution in [2.24, 2.45) is 0 Å². The monoisotopic (exact) mass is 344 g/mol. The van der Waals surface area contributed by atoms with Crippen LogP contribution in [0.25, 0.3) is 10.8 Å². The topological polar surface area (TPSA) is 18.5 Å². The lowest BCUT2D eigenvalue weighted by Crippen LogP contribution is -2.44. The molecule has 0 N–H and O–H groups in total. The van der Waals surface area contributed by atoms with E-state index in [0.29, 0.717) is 0 Å². The van der Waals surface area contributed by atoms with Gasteiger partial charge in [0, 0.05) is 16.3 Å². The second kappa shape index (κ2) is 6.79. The molecule has 0 spiro atoms. The van der Waals surface area contributed by atoms with Gasteiger partial charge in [-0.3, -0.25) is 0 Å². The van der Waals surface area contributed by atoms with Crippen LogP contribution in [0.2, 0.25) is 18.1 Å². The van der Waals surface area contributed by atoms with Gasteiger partial charge in [-0.1, -0.05) is 58.9 Å². The molecule has 132 valence electrons. The predicted octanol–water partition coefficient (Wildman–Crippen LogP) is 6.36. The molecule has 3 heteroatoms. The van der Waals surface area contributed by atoms with Crippen molar-refractivity contribution < 1.29 is 9.16 Å². The molecule has 0 saturated carbocycles. The summed E-state index contributed by atoms with van der Waals surface area (Å²) in [4.78, 5) is 0. The minimum atomic E-state index is -1.91. The minimum Gasteiger partial charge on any atom is -0.543 e. The lowest BCUT2D eigenvalue weighted by atomic mass is 9.95. The number of hydrogen-bond donors (Lipinski definition) is 0. The summed E-state index contributed by atoms with van der Waals surface area (Å²) in [6.07, 6.45) is 1.90. The van der Waals surface area contributed by atoms with Gasteiger partial charge in [0.05, 0.1) is 7.11 Å². The first-order valence-corrected chi connectivity index (χ1v) is 11.9. The van der Waals surface area contributed by atoms with E-state index in [9.17, 15) is 0 Å². The Balaban J connectivity index is 2.82. The molecular formula is C21H32O2Si. The van der Waals surface area contributed by atoms with Gasteiger partial charge in [0.25, 0.3) is 8.32 Å². The summed E-state index contributed by atoms with van der Waals surface area (Å²) in [5, 5.41) is 2.50. The van der Waals surface area contributed by atoms with E-state index in [0.717, 1.165) is 29.7 Å². The Morgan fingerprint density at radius 1 is 0.875 bits per heavy atom. The number of hydrogen-bond acceptors (Lipinski definition) is 2. The summed E-state index contributed by atoms with van der Waals surface area (Å²) in [6.45, 7) is 15.9. The van der Waals surface area contributed by atoms with E-state index < -0.39 is 8.32 Å². The molecule has 2 aromatic rings. The summed E-state index contributed by atoms with van der Waals surface area (Å²) in [5.74, 6) is 2.09. The molecule has 0 bridgehead atoms. The molecule has 0 heterocycles. The van der Waals surface area contributed by atoms with E-state index >= 15 is 0 Å². The van der Waals surface area contributed by atoms with E-state index in [1.807, 2.05) is 0 Å². The van der Waals surface area contributed by atoms with Gasteiger partial charge in [0.1, 0.15) is 11.5 Å². The Kier molecular flexibility index (Phi) is 5.33. The molecule has 24 heavy (non-hydrogen) atoms. The van der Waals surface area contributed by atoms with Crippen molar-refractivity contribution in [3.8, 4) is 11.5 Å². The highest BCUT2D eigenvalue weighted by Crippen LogP contribution is 2.45. The zero-order valence-electron chi connectivity index (χ0n) is 16.5. The van der Waals surface area contributed by atoms with Crippen molar-refractivity contribution in [1.82, 2.24) is 0 Å². The molecule has 0 aromatic heterocycles. The van der Waals surface area contributed by atoms with Crippen LogP contribution < -0.4 is 9.16 Å². The summed E-state index contributed by atoms with van der Waals surface area (Å²) in [7, 11) is -0.142. The van der Waals surface area contributed by atoms with Gasteiger partial charge >= 0.3 is 0 Å². The molecule has 2 aromatic carbocycles. The largest absolute Gasteiger partial charge is 0.543 e. The van der Waals surface area contributed by atoms with Crippen LogP contribution in [0, 0.1) is 0 Å². The highest BCUT2D eigenvalue weighted by Gasteiger charge is 2.40. The smallest absolute Gasteiger partial charge is 0.250 e. The Morgan fingerprint density at radius 2 is 1.33 bits per heavy atom. The number of fused-ring (bicyclic) bond motifs is 1. The second-order valence-corrected chi connectivity index (χ2v) is 12.7. The van der Waals surface area contributed by atoms with Gasteiger partial charge in [-0.05, 0) is 36.5 Å². The SMILES string of the molecule is CCc1c(CC)c(O[Si](C)(C)C(C)(C)C)c2ccccc2c1OC. The number of rotatable bonds is 5. The first-order chi connectivity index (χ1) is 11.2. The van der Waals surface area contributed by atoms with Gasteiger partial charge < -0.3 is 9.16 Å². The normalized spacial score (nSPS) is 12.5. The zero-order chi connectivity index (χ0) is 18.1. The molecule has 2 nitrogen and oxygen atoms in total. The van der Waals surface area contributed by atoms with Crippen LogP contribution in [0.1, 0.15) is 45.7 Å². The van der Waals surface area contributed by atoms with Gasteiger partial charge in [-0.15, -0.1) is 0 Å². The van der Waals surface area contributed by atoms with Crippen LogP contribution in [0.3, 0.4) is 0 Å². The third-order valence-corrected chi connectivity index (χ3v) is 9.73. The Labute approximate surface area is 148 Å². The number of ether oxygens (including phenoxy) is 1. The molecule has 0 radical (unpaired) electrons. The molecule has 0 unspecified atom stereocenters. The maximum atomic E-state index is 6.83. The average Bonchev–Trinajstić information content (AvgIpc) is 2.52. The van der Waals surface area contributed by atoms with Crippen LogP contribution in [-0.2, 0) is 12.8 Å². The fourth-order valence-electron chi connectivity index (χ4n) is 2.98. The number of benzene rings is 2. The third kappa shape index (κ3) is 3.19. The first-order valence-electron chi connectivity index (χ1n) is 8.97. The molecule has 0 amide bonds. The van der Waals surface area contributed by atoms with Crippen LogP contribution in [-0.4, -0.2) is 15.4 Å². The van der Waals surface area contributed by atoms with Gasteiger partial charge in [-0.2, -0.15) is 0 Å². The Bertz CT molecular complexity index is 727. The first kappa shape index (κ1) is 18.8. The number of methoxy groups -OCH3 is 1. The van der Waals surface area contributed by atoms with E-state index in [1.165, 1.54) is 16.5 Å². The molecule has 0 aliphatic carbocycles. The van der Waals surface area contributed by atoms with Crippen molar-refractivity contribution in [3.05, 3.63) is 35.4 Å². The molecule has 2 rings (SSSR count). The molecule has 0 saturated heterocycles. The third-order valence-electron chi connectivity index (χ3n) is 5.40. The minimum absolute atomic E-state index is 0.172. The lowest BCUT2D eigenvalue weighted by molar-refractivity contribution is 0.413. The van der Waals surface area contributed by atoms with Gasteiger partial charge in [0.2, 0.25) is 0 Å². The molecular weight excluding hydrogens is 312 g/mol. The highest BCUT2D eigenvalue weighted by molar-refractivity contribution is 6.74. The average molecular weight is 345 g/mol. The highest BCUT2D eigenvalue weighted by atomic mass is 28.4. The Morgan fingerprint density at radius 3 is 1.75 bits per heavy atom. The zero-order valence-corrected chi connectivity index (χ0v) is 17.5. The van der Waals surface area contributed by atoms with E-state index in [4.69, 9.17) is 9.16 Å². The maximum absolute atomic E-state index is 6.83. The Hall–Kier alpha value is -1.48. The standard InChI is InChI=1S/C21H32O2Si/c1-9-15-16(10-2)20(23-24(7,8)21(3,4)5)18-14-12-11-13-17(18)19(15)22-6/h11-14H,9-10H2,1-8H3. The van der Waals surface area contributed by atoms with Crippen molar-refractivity contribution in [1.29, 1.82) is 0 Å². The predicted molar refractivity (Wildman–Crippen MR) is 107 cm³/mol. The van der Waals surface area contributed by atoms with Crippen molar-refractivity contribution in [2.45, 2.75) is 65.6 Å². The fourth-order valence-corrected chi connectivity index (χ4v) is 4.03. The maximum Gasteiger partial charge on any atom is 0.250 e. The second-order valence-electron chi connectivity index (χ2n) is 7.93. The molecule has 0 fully saturated rings. The summed E-state index contributed by atoms with van der Waals surface area (Å²) < 4.78 is 12.6. The van der Waals surface area contributed by atoms with Crippen LogP contribution in [0.4, 0.5) is 0 Å².